The van der Waals surface area contributed by atoms with Crippen LogP contribution in [0.1, 0.15) is 13.8 Å². The maximum Gasteiger partial charge on any atom is 0.310 e. The molecule has 0 aliphatic carbocycles. The summed E-state index contributed by atoms with van der Waals surface area (Å²) in [7, 11) is 4.80. The summed E-state index contributed by atoms with van der Waals surface area (Å²) in [5, 5.41) is 3.32. The van der Waals surface area contributed by atoms with Crippen molar-refractivity contribution in [3.63, 3.8) is 0 Å². The summed E-state index contributed by atoms with van der Waals surface area (Å²) in [6.45, 7) is 5.99. The van der Waals surface area contributed by atoms with E-state index in [-0.39, 0.29) is 47.9 Å². The van der Waals surface area contributed by atoms with Crippen LogP contribution in [0.15, 0.2) is 29.3 Å². The average Bonchev–Trinajstić information content (AvgIpc) is 3.03. The van der Waals surface area contributed by atoms with E-state index in [1.807, 2.05) is 31.2 Å². The number of nitrogens with one attached hydrogen (secondary N) is 1. The van der Waals surface area contributed by atoms with Gasteiger partial charge in [-0.2, -0.15) is 0 Å². The molecule has 0 saturated carbocycles. The van der Waals surface area contributed by atoms with Crippen molar-refractivity contribution >= 4 is 35.9 Å². The average molecular weight is 491 g/mol. The molecule has 1 fully saturated rings. The minimum Gasteiger partial charge on any atom is -0.493 e. The zero-order valence-corrected chi connectivity index (χ0v) is 18.9. The zero-order valence-electron chi connectivity index (χ0n) is 16.6. The molecule has 0 radical (unpaired) electrons. The molecule has 1 heterocycles. The van der Waals surface area contributed by atoms with Crippen LogP contribution in [-0.2, 0) is 9.53 Å². The minimum atomic E-state index is -0.164. The number of esters is 1. The Kier molecular flexibility index (Phi) is 9.68. The van der Waals surface area contributed by atoms with Crippen molar-refractivity contribution in [1.29, 1.82) is 0 Å². The Balaban J connectivity index is 0.00000364. The molecule has 1 aliphatic rings. The van der Waals surface area contributed by atoms with Crippen molar-refractivity contribution in [3.05, 3.63) is 24.3 Å². The van der Waals surface area contributed by atoms with Crippen LogP contribution in [0.5, 0.6) is 11.5 Å². The van der Waals surface area contributed by atoms with E-state index < -0.39 is 0 Å². The van der Waals surface area contributed by atoms with Crippen LogP contribution < -0.4 is 14.8 Å². The first-order valence-corrected chi connectivity index (χ1v) is 8.83. The molecule has 7 nitrogen and oxygen atoms in total. The highest BCUT2D eigenvalue weighted by atomic mass is 127. The molecule has 3 unspecified atom stereocenters. The lowest BCUT2D eigenvalue weighted by molar-refractivity contribution is -0.145. The molecule has 0 bridgehead atoms. The smallest absolute Gasteiger partial charge is 0.310 e. The number of likely N-dealkylation sites (tertiary alicyclic amines) is 1. The number of hydrogen-bond donors (Lipinski definition) is 1. The first-order valence-electron chi connectivity index (χ1n) is 8.83. The predicted octanol–water partition coefficient (Wildman–Crippen LogP) is 2.40. The molecule has 1 aliphatic heterocycles. The fourth-order valence-electron chi connectivity index (χ4n) is 3.14. The number of benzene rings is 1. The Hall–Kier alpha value is -1.71. The van der Waals surface area contributed by atoms with Gasteiger partial charge in [0.2, 0.25) is 0 Å². The SMILES string of the molecule is CN=C(NCC(C)Oc1ccccc1OC)N1CC(C)C(C(=O)OC)C1.I. The molecule has 0 aromatic heterocycles. The molecule has 0 amide bonds. The van der Waals surface area contributed by atoms with Gasteiger partial charge < -0.3 is 24.4 Å². The number of hydrogen-bond acceptors (Lipinski definition) is 5. The van der Waals surface area contributed by atoms with E-state index in [1.54, 1.807) is 14.2 Å². The summed E-state index contributed by atoms with van der Waals surface area (Å²) in [6.07, 6.45) is -0.0838. The second-order valence-corrected chi connectivity index (χ2v) is 6.52. The molecule has 1 aromatic carbocycles. The molecular formula is C19H30IN3O4. The van der Waals surface area contributed by atoms with Gasteiger partial charge in [-0.25, -0.2) is 0 Å². The lowest BCUT2D eigenvalue weighted by atomic mass is 9.99. The quantitative estimate of drug-likeness (QED) is 0.285. The minimum absolute atomic E-state index is 0. The summed E-state index contributed by atoms with van der Waals surface area (Å²) < 4.78 is 16.2. The number of nitrogens with zero attached hydrogens (tertiary/aromatic N) is 2. The van der Waals surface area contributed by atoms with E-state index in [1.165, 1.54) is 7.11 Å². The number of halogens is 1. The fourth-order valence-corrected chi connectivity index (χ4v) is 3.14. The molecule has 152 valence electrons. The monoisotopic (exact) mass is 491 g/mol. The van der Waals surface area contributed by atoms with Crippen LogP contribution >= 0.6 is 24.0 Å². The number of methoxy groups -OCH3 is 2. The normalized spacial score (nSPS) is 20.5. The number of rotatable bonds is 6. The number of guanidine groups is 1. The van der Waals surface area contributed by atoms with Gasteiger partial charge >= 0.3 is 5.97 Å². The third kappa shape index (κ3) is 6.15. The van der Waals surface area contributed by atoms with Gasteiger partial charge in [-0.3, -0.25) is 9.79 Å². The van der Waals surface area contributed by atoms with Gasteiger partial charge in [0.15, 0.2) is 17.5 Å². The molecular weight excluding hydrogens is 461 g/mol. The van der Waals surface area contributed by atoms with E-state index in [4.69, 9.17) is 14.2 Å². The van der Waals surface area contributed by atoms with Gasteiger partial charge in [-0.05, 0) is 25.0 Å². The van der Waals surface area contributed by atoms with Gasteiger partial charge in [0, 0.05) is 20.1 Å². The topological polar surface area (TPSA) is 72.4 Å². The highest BCUT2D eigenvalue weighted by Gasteiger charge is 2.36. The maximum absolute atomic E-state index is 11.9. The van der Waals surface area contributed by atoms with Crippen molar-refractivity contribution in [2.45, 2.75) is 20.0 Å². The first kappa shape index (κ1) is 23.3. The molecule has 2 rings (SSSR count). The third-order valence-corrected chi connectivity index (χ3v) is 4.57. The van der Waals surface area contributed by atoms with Gasteiger partial charge in [-0.1, -0.05) is 19.1 Å². The lowest BCUT2D eigenvalue weighted by Gasteiger charge is -2.24. The van der Waals surface area contributed by atoms with E-state index >= 15 is 0 Å². The number of aliphatic imine (C=N–C) groups is 1. The maximum atomic E-state index is 11.9. The number of carbonyl (C=O) groups is 1. The molecule has 0 spiro atoms. The van der Waals surface area contributed by atoms with Gasteiger partial charge in [0.25, 0.3) is 0 Å². The Morgan fingerprint density at radius 2 is 1.96 bits per heavy atom. The van der Waals surface area contributed by atoms with Crippen molar-refractivity contribution in [3.8, 4) is 11.5 Å². The lowest BCUT2D eigenvalue weighted by Crippen LogP contribution is -2.44. The Bertz CT molecular complexity index is 641. The predicted molar refractivity (Wildman–Crippen MR) is 116 cm³/mol. The number of carbonyl (C=O) groups excluding carboxylic acids is 1. The number of para-hydroxylation sites is 2. The third-order valence-electron chi connectivity index (χ3n) is 4.57. The summed E-state index contributed by atoms with van der Waals surface area (Å²) in [4.78, 5) is 18.3. The highest BCUT2D eigenvalue weighted by Crippen LogP contribution is 2.27. The second-order valence-electron chi connectivity index (χ2n) is 6.52. The summed E-state index contributed by atoms with van der Waals surface area (Å²) in [6, 6.07) is 7.57. The first-order chi connectivity index (χ1) is 12.5. The van der Waals surface area contributed by atoms with E-state index in [0.717, 1.165) is 12.5 Å². The van der Waals surface area contributed by atoms with Crippen molar-refractivity contribution in [1.82, 2.24) is 10.2 Å². The van der Waals surface area contributed by atoms with E-state index in [2.05, 4.69) is 22.1 Å². The highest BCUT2D eigenvalue weighted by molar-refractivity contribution is 14.0. The standard InChI is InChI=1S/C19H29N3O4.HI/c1-13-11-22(12-15(13)18(23)25-5)19(20-3)21-10-14(2)26-17-9-7-6-8-16(17)24-4;/h6-9,13-15H,10-12H2,1-5H3,(H,20,21);1H. The summed E-state index contributed by atoms with van der Waals surface area (Å²) in [5.41, 5.74) is 0. The van der Waals surface area contributed by atoms with Crippen LogP contribution in [0.4, 0.5) is 0 Å². The second kappa shape index (κ2) is 11.2. The molecule has 3 atom stereocenters. The largest absolute Gasteiger partial charge is 0.493 e. The molecule has 1 saturated heterocycles. The Morgan fingerprint density at radius 3 is 2.56 bits per heavy atom. The van der Waals surface area contributed by atoms with Crippen molar-refractivity contribution in [2.75, 3.05) is 40.9 Å². The Labute approximate surface area is 178 Å². The van der Waals surface area contributed by atoms with E-state index in [9.17, 15) is 4.79 Å². The summed E-state index contributed by atoms with van der Waals surface area (Å²) >= 11 is 0. The molecule has 1 N–H and O–H groups in total. The van der Waals surface area contributed by atoms with Crippen LogP contribution in [-0.4, -0.2) is 63.8 Å². The Morgan fingerprint density at radius 1 is 1.30 bits per heavy atom. The zero-order chi connectivity index (χ0) is 19.1. The van der Waals surface area contributed by atoms with Crippen LogP contribution in [0.3, 0.4) is 0 Å². The van der Waals surface area contributed by atoms with Crippen LogP contribution in [0, 0.1) is 11.8 Å². The summed E-state index contributed by atoms with van der Waals surface area (Å²) in [5.74, 6) is 2.11. The van der Waals surface area contributed by atoms with Crippen molar-refractivity contribution in [2.24, 2.45) is 16.8 Å². The van der Waals surface area contributed by atoms with Crippen LogP contribution in [0.2, 0.25) is 0 Å². The number of ether oxygens (including phenoxy) is 3. The van der Waals surface area contributed by atoms with Gasteiger partial charge in [0.1, 0.15) is 6.10 Å². The van der Waals surface area contributed by atoms with Gasteiger partial charge in [-0.15, -0.1) is 24.0 Å². The molecule has 27 heavy (non-hydrogen) atoms. The van der Waals surface area contributed by atoms with E-state index in [0.29, 0.717) is 24.6 Å². The van der Waals surface area contributed by atoms with Crippen molar-refractivity contribution < 1.29 is 19.0 Å². The molecule has 8 heteroatoms. The van der Waals surface area contributed by atoms with Crippen LogP contribution in [0.25, 0.3) is 0 Å². The van der Waals surface area contributed by atoms with Gasteiger partial charge in [0.05, 0.1) is 26.7 Å². The fraction of sp³-hybridized carbons (Fsp3) is 0.579. The molecule has 1 aromatic rings.